The van der Waals surface area contributed by atoms with Crippen LogP contribution in [-0.4, -0.2) is 59.9 Å². The molecule has 0 bridgehead atoms. The normalized spacial score (nSPS) is 13.8. The summed E-state index contributed by atoms with van der Waals surface area (Å²) in [6.07, 6.45) is 46.8. The van der Waals surface area contributed by atoms with Crippen LogP contribution < -0.4 is 5.73 Å². The second-order valence-electron chi connectivity index (χ2n) is 16.6. The van der Waals surface area contributed by atoms with Crippen molar-refractivity contribution in [3.05, 3.63) is 24.3 Å². The second kappa shape index (κ2) is 43.6. The van der Waals surface area contributed by atoms with E-state index in [0.717, 1.165) is 32.1 Å². The number of nitrogens with two attached hydrogens (primary N) is 1. The van der Waals surface area contributed by atoms with Gasteiger partial charge in [0.1, 0.15) is 12.6 Å². The van der Waals surface area contributed by atoms with Crippen molar-refractivity contribution in [2.45, 2.75) is 244 Å². The van der Waals surface area contributed by atoms with Crippen LogP contribution in [0.3, 0.4) is 0 Å². The maximum atomic E-state index is 12.6. The van der Waals surface area contributed by atoms with E-state index in [-0.39, 0.29) is 19.4 Å². The molecular formula is C48H90NO10P. The summed E-state index contributed by atoms with van der Waals surface area (Å²) in [6, 6.07) is -1.53. The lowest BCUT2D eigenvalue weighted by atomic mass is 10.0. The van der Waals surface area contributed by atoms with Gasteiger partial charge < -0.3 is 25.2 Å². The Labute approximate surface area is 366 Å². The number of unbranched alkanes of at least 4 members (excludes halogenated alkanes) is 28. The van der Waals surface area contributed by atoms with Crippen molar-refractivity contribution < 1.29 is 47.5 Å². The van der Waals surface area contributed by atoms with Crippen LogP contribution >= 0.6 is 7.82 Å². The molecule has 3 atom stereocenters. The van der Waals surface area contributed by atoms with E-state index in [1.54, 1.807) is 0 Å². The number of carboxylic acids is 1. The number of hydrogen-bond donors (Lipinski definition) is 3. The van der Waals surface area contributed by atoms with E-state index in [0.29, 0.717) is 19.3 Å². The molecule has 12 heteroatoms. The van der Waals surface area contributed by atoms with Crippen LogP contribution in [0.15, 0.2) is 24.3 Å². The van der Waals surface area contributed by atoms with E-state index in [2.05, 4.69) is 36.6 Å². The van der Waals surface area contributed by atoms with Gasteiger partial charge in [0.15, 0.2) is 6.10 Å². The Balaban J connectivity index is 4.31. The Bertz CT molecular complexity index is 1120. The fourth-order valence-corrected chi connectivity index (χ4v) is 7.65. The molecule has 0 aliphatic carbocycles. The number of allylic oxidation sites excluding steroid dienone is 4. The van der Waals surface area contributed by atoms with Crippen LogP contribution in [0.4, 0.5) is 0 Å². The minimum absolute atomic E-state index is 0.101. The molecule has 0 rings (SSSR count). The molecule has 0 aromatic carbocycles. The molecular weight excluding hydrogens is 781 g/mol. The molecule has 4 N–H and O–H groups in total. The maximum absolute atomic E-state index is 12.6. The zero-order valence-corrected chi connectivity index (χ0v) is 39.2. The molecule has 352 valence electrons. The van der Waals surface area contributed by atoms with Crippen LogP contribution in [0.2, 0.25) is 0 Å². The van der Waals surface area contributed by atoms with Crippen LogP contribution in [0.1, 0.15) is 232 Å². The summed E-state index contributed by atoms with van der Waals surface area (Å²) in [5.41, 5.74) is 5.34. The Hall–Kier alpha value is -2.04. The molecule has 0 saturated carbocycles. The van der Waals surface area contributed by atoms with Crippen molar-refractivity contribution in [1.29, 1.82) is 0 Å². The number of esters is 2. The first-order valence-corrected chi connectivity index (χ1v) is 25.9. The number of phosphoric acid groups is 1. The molecule has 0 amide bonds. The van der Waals surface area contributed by atoms with Gasteiger partial charge >= 0.3 is 25.7 Å². The maximum Gasteiger partial charge on any atom is 0.472 e. The first-order valence-electron chi connectivity index (χ1n) is 24.4. The Morgan fingerprint density at radius 2 is 0.900 bits per heavy atom. The smallest absolute Gasteiger partial charge is 0.472 e. The predicted molar refractivity (Wildman–Crippen MR) is 245 cm³/mol. The third-order valence-corrected chi connectivity index (χ3v) is 11.7. The SMILES string of the molecule is CCCCCCCCCCC/C=C/C/C=C/CCCC(=O)O[C@H](COC(=O)CCCCCCCCCCCCCCCCCCCCC)COP(=O)(O)OC[C@H](N)C(=O)O. The third kappa shape index (κ3) is 42.6. The summed E-state index contributed by atoms with van der Waals surface area (Å²) < 4.78 is 32.7. The van der Waals surface area contributed by atoms with Gasteiger partial charge in [-0.1, -0.05) is 205 Å². The van der Waals surface area contributed by atoms with E-state index in [9.17, 15) is 23.8 Å². The Kier molecular flexibility index (Phi) is 42.1. The van der Waals surface area contributed by atoms with Gasteiger partial charge in [-0.25, -0.2) is 4.57 Å². The standard InChI is InChI=1S/C48H90NO10P/c1-3-5-7-9-11-13-15-17-19-21-22-24-25-27-29-31-33-35-37-39-46(50)56-41-44(42-57-60(54,55)58-43-45(49)48(52)53)59-47(51)40-38-36-34-32-30-28-26-23-20-18-16-14-12-10-8-6-4-2/h26,28,32,34,44-45H,3-25,27,29-31,33,35-43,49H2,1-2H3,(H,52,53)(H,54,55)/b28-26+,34-32+/t44-,45+/m1/s1. The molecule has 0 spiro atoms. The van der Waals surface area contributed by atoms with Gasteiger partial charge in [-0.2, -0.15) is 0 Å². The zero-order chi connectivity index (χ0) is 44.2. The zero-order valence-electron chi connectivity index (χ0n) is 38.3. The number of rotatable bonds is 46. The van der Waals surface area contributed by atoms with Gasteiger partial charge in [-0.3, -0.25) is 23.4 Å². The average Bonchev–Trinajstić information content (AvgIpc) is 3.22. The van der Waals surface area contributed by atoms with Crippen molar-refractivity contribution in [3.8, 4) is 0 Å². The number of carbonyl (C=O) groups is 3. The molecule has 0 fully saturated rings. The van der Waals surface area contributed by atoms with Crippen molar-refractivity contribution in [3.63, 3.8) is 0 Å². The largest absolute Gasteiger partial charge is 0.480 e. The summed E-state index contributed by atoms with van der Waals surface area (Å²) >= 11 is 0. The van der Waals surface area contributed by atoms with Gasteiger partial charge in [0, 0.05) is 12.8 Å². The van der Waals surface area contributed by atoms with Gasteiger partial charge in [0.25, 0.3) is 0 Å². The van der Waals surface area contributed by atoms with Crippen LogP contribution in [-0.2, 0) is 37.5 Å². The minimum Gasteiger partial charge on any atom is -0.480 e. The highest BCUT2D eigenvalue weighted by Crippen LogP contribution is 2.43. The highest BCUT2D eigenvalue weighted by Gasteiger charge is 2.28. The summed E-state index contributed by atoms with van der Waals surface area (Å²) in [5.74, 6) is -2.42. The summed E-state index contributed by atoms with van der Waals surface area (Å²) in [4.78, 5) is 46.1. The Morgan fingerprint density at radius 3 is 1.35 bits per heavy atom. The van der Waals surface area contributed by atoms with Crippen molar-refractivity contribution in [2.75, 3.05) is 19.8 Å². The number of ether oxygens (including phenoxy) is 2. The van der Waals surface area contributed by atoms with E-state index < -0.39 is 51.1 Å². The van der Waals surface area contributed by atoms with Gasteiger partial charge in [-0.15, -0.1) is 0 Å². The van der Waals surface area contributed by atoms with Gasteiger partial charge in [0.2, 0.25) is 0 Å². The first-order chi connectivity index (χ1) is 29.1. The highest BCUT2D eigenvalue weighted by molar-refractivity contribution is 7.47. The minimum atomic E-state index is -4.73. The number of aliphatic carboxylic acids is 1. The number of hydrogen-bond acceptors (Lipinski definition) is 9. The molecule has 60 heavy (non-hydrogen) atoms. The van der Waals surface area contributed by atoms with E-state index in [1.165, 1.54) is 154 Å². The third-order valence-electron chi connectivity index (χ3n) is 10.7. The lowest BCUT2D eigenvalue weighted by molar-refractivity contribution is -0.161. The number of phosphoric ester groups is 1. The molecule has 0 aliphatic heterocycles. The molecule has 0 aromatic rings. The lowest BCUT2D eigenvalue weighted by Crippen LogP contribution is -2.34. The quantitative estimate of drug-likeness (QED) is 0.0230. The summed E-state index contributed by atoms with van der Waals surface area (Å²) in [7, 11) is -4.73. The molecule has 0 aliphatic rings. The van der Waals surface area contributed by atoms with E-state index in [4.69, 9.17) is 24.8 Å². The number of carbonyl (C=O) groups excluding carboxylic acids is 2. The van der Waals surface area contributed by atoms with Crippen molar-refractivity contribution in [2.24, 2.45) is 5.73 Å². The fourth-order valence-electron chi connectivity index (χ4n) is 6.87. The second-order valence-corrected chi connectivity index (χ2v) is 18.1. The summed E-state index contributed by atoms with van der Waals surface area (Å²) in [6.45, 7) is 2.80. The monoisotopic (exact) mass is 872 g/mol. The summed E-state index contributed by atoms with van der Waals surface area (Å²) in [5, 5.41) is 8.90. The molecule has 11 nitrogen and oxygen atoms in total. The Morgan fingerprint density at radius 1 is 0.517 bits per heavy atom. The van der Waals surface area contributed by atoms with Crippen LogP contribution in [0.25, 0.3) is 0 Å². The lowest BCUT2D eigenvalue weighted by Gasteiger charge is -2.20. The fraction of sp³-hybridized carbons (Fsp3) is 0.854. The highest BCUT2D eigenvalue weighted by atomic mass is 31.2. The van der Waals surface area contributed by atoms with E-state index in [1.807, 2.05) is 6.08 Å². The molecule has 0 radical (unpaired) electrons. The molecule has 0 heterocycles. The van der Waals surface area contributed by atoms with Crippen LogP contribution in [0.5, 0.6) is 0 Å². The number of carboxylic acid groups (broad SMARTS) is 1. The predicted octanol–water partition coefficient (Wildman–Crippen LogP) is 13.4. The van der Waals surface area contributed by atoms with Gasteiger partial charge in [0.05, 0.1) is 13.2 Å². The topological polar surface area (TPSA) is 172 Å². The molecule has 0 aromatic heterocycles. The van der Waals surface area contributed by atoms with Crippen LogP contribution in [0, 0.1) is 0 Å². The van der Waals surface area contributed by atoms with Crippen molar-refractivity contribution in [1.82, 2.24) is 0 Å². The first kappa shape index (κ1) is 58.0. The van der Waals surface area contributed by atoms with Crippen molar-refractivity contribution >= 4 is 25.7 Å². The molecule has 1 unspecified atom stereocenters. The molecule has 0 saturated heterocycles. The van der Waals surface area contributed by atoms with E-state index >= 15 is 0 Å². The average molecular weight is 872 g/mol. The van der Waals surface area contributed by atoms with Gasteiger partial charge in [-0.05, 0) is 38.5 Å².